The van der Waals surface area contributed by atoms with E-state index in [9.17, 15) is 24.3 Å². The van der Waals surface area contributed by atoms with Gasteiger partial charge in [-0.15, -0.1) is 0 Å². The zero-order valence-corrected chi connectivity index (χ0v) is 21.8. The van der Waals surface area contributed by atoms with Crippen LogP contribution in [0.2, 0.25) is 0 Å². The number of ether oxygens (including phenoxy) is 1. The van der Waals surface area contributed by atoms with E-state index in [1.807, 2.05) is 41.3 Å². The Hall–Kier alpha value is -4.00. The number of carbonyl (C=O) groups excluding carboxylic acids is 3. The molecule has 12 nitrogen and oxygen atoms in total. The van der Waals surface area contributed by atoms with Gasteiger partial charge in [-0.3, -0.25) is 24.2 Å². The summed E-state index contributed by atoms with van der Waals surface area (Å²) in [5.41, 5.74) is 7.60. The first-order valence-electron chi connectivity index (χ1n) is 12.8. The number of amides is 3. The number of carboxylic acids is 1. The van der Waals surface area contributed by atoms with Gasteiger partial charge in [-0.1, -0.05) is 60.7 Å². The Labute approximate surface area is 227 Å². The van der Waals surface area contributed by atoms with Crippen LogP contribution in [-0.2, 0) is 32.3 Å². The van der Waals surface area contributed by atoms with Crippen LogP contribution >= 0.6 is 0 Å². The molecule has 2 aromatic rings. The summed E-state index contributed by atoms with van der Waals surface area (Å²) in [7, 11) is 0. The number of hydrogen-bond acceptors (Lipinski definition) is 8. The lowest BCUT2D eigenvalue weighted by Crippen LogP contribution is -2.56. The fourth-order valence-corrected chi connectivity index (χ4v) is 4.08. The second-order valence-corrected chi connectivity index (χ2v) is 9.22. The van der Waals surface area contributed by atoms with E-state index >= 15 is 0 Å². The van der Waals surface area contributed by atoms with E-state index in [0.717, 1.165) is 5.56 Å². The molecule has 3 amide bonds. The molecule has 6 N–H and O–H groups in total. The van der Waals surface area contributed by atoms with Gasteiger partial charge in [0.05, 0.1) is 6.54 Å². The minimum absolute atomic E-state index is 0.0209. The smallest absolute Gasteiger partial charge is 0.324 e. The number of rotatable bonds is 13. The van der Waals surface area contributed by atoms with Crippen LogP contribution in [0.5, 0.6) is 0 Å². The van der Waals surface area contributed by atoms with Crippen molar-refractivity contribution in [3.8, 4) is 0 Å². The lowest BCUT2D eigenvalue weighted by molar-refractivity contribution is -0.161. The molecule has 1 heterocycles. The number of nitrogens with zero attached hydrogens (tertiary/aromatic N) is 2. The van der Waals surface area contributed by atoms with Crippen molar-refractivity contribution in [2.24, 2.45) is 11.7 Å². The van der Waals surface area contributed by atoms with Crippen LogP contribution in [0.25, 0.3) is 0 Å². The number of carboxylic acid groups (broad SMARTS) is 1. The Morgan fingerprint density at radius 2 is 1.46 bits per heavy atom. The minimum atomic E-state index is -1.73. The number of carbonyl (C=O) groups is 4. The summed E-state index contributed by atoms with van der Waals surface area (Å²) >= 11 is 0. The second-order valence-electron chi connectivity index (χ2n) is 9.22. The monoisotopic (exact) mass is 540 g/mol. The molecule has 0 aliphatic carbocycles. The molecule has 1 saturated heterocycles. The predicted octanol–water partition coefficient (Wildman–Crippen LogP) is -0.0514. The zero-order valence-electron chi connectivity index (χ0n) is 21.8. The van der Waals surface area contributed by atoms with E-state index in [4.69, 9.17) is 10.5 Å². The molecule has 0 aromatic heterocycles. The van der Waals surface area contributed by atoms with Crippen LogP contribution in [0.15, 0.2) is 60.7 Å². The summed E-state index contributed by atoms with van der Waals surface area (Å²) in [5, 5.41) is 17.6. The van der Waals surface area contributed by atoms with Crippen LogP contribution in [0, 0.1) is 5.92 Å². The summed E-state index contributed by atoms with van der Waals surface area (Å²) in [6, 6.07) is 18.3. The van der Waals surface area contributed by atoms with Gasteiger partial charge in [-0.05, 0) is 11.1 Å². The van der Waals surface area contributed by atoms with Crippen LogP contribution < -0.4 is 21.7 Å². The molecule has 0 bridgehead atoms. The highest BCUT2D eigenvalue weighted by molar-refractivity contribution is 5.95. The Morgan fingerprint density at radius 3 is 2.08 bits per heavy atom. The lowest BCUT2D eigenvalue weighted by Gasteiger charge is -2.34. The van der Waals surface area contributed by atoms with Gasteiger partial charge in [-0.2, -0.15) is 0 Å². The Balaban J connectivity index is 1.32. The zero-order chi connectivity index (χ0) is 28.0. The first-order chi connectivity index (χ1) is 18.8. The molecule has 2 atom stereocenters. The maximum absolute atomic E-state index is 12.5. The highest BCUT2D eigenvalue weighted by atomic mass is 16.5. The van der Waals surface area contributed by atoms with Gasteiger partial charge < -0.3 is 31.5 Å². The molecule has 1 fully saturated rings. The average molecular weight is 541 g/mol. The molecule has 2 aromatic carbocycles. The minimum Gasteiger partial charge on any atom is -0.481 e. The van der Waals surface area contributed by atoms with Gasteiger partial charge in [0.2, 0.25) is 5.91 Å². The Kier molecular flexibility index (Phi) is 11.7. The van der Waals surface area contributed by atoms with Crippen molar-refractivity contribution in [3.05, 3.63) is 71.8 Å². The molecule has 3 rings (SSSR count). The van der Waals surface area contributed by atoms with Crippen molar-refractivity contribution < 1.29 is 29.0 Å². The largest absolute Gasteiger partial charge is 0.481 e. The standard InChI is InChI=1S/C27H36N6O6/c28-24(23(25(35)36)26(37)39-19-21-9-5-2-6-10-21)31-22(34)18-33-15-13-32(14-16-33)12-11-29-27(38)30-17-20-7-3-1-4-8-20/h1-10,23-24H,11-19,28H2,(H,31,34)(H,35,36)(H2,29,30,38). The summed E-state index contributed by atoms with van der Waals surface area (Å²) in [4.78, 5) is 52.6. The number of benzene rings is 2. The van der Waals surface area contributed by atoms with Crippen molar-refractivity contribution in [1.29, 1.82) is 0 Å². The van der Waals surface area contributed by atoms with Crippen molar-refractivity contribution in [2.45, 2.75) is 19.3 Å². The van der Waals surface area contributed by atoms with Crippen LogP contribution in [0.3, 0.4) is 0 Å². The van der Waals surface area contributed by atoms with Crippen LogP contribution in [-0.4, -0.2) is 90.8 Å². The van der Waals surface area contributed by atoms with Crippen LogP contribution in [0.1, 0.15) is 11.1 Å². The molecule has 1 aliphatic rings. The maximum Gasteiger partial charge on any atom is 0.324 e. The predicted molar refractivity (Wildman–Crippen MR) is 143 cm³/mol. The third-order valence-corrected chi connectivity index (χ3v) is 6.27. The first kappa shape index (κ1) is 29.6. The van der Waals surface area contributed by atoms with E-state index < -0.39 is 29.9 Å². The van der Waals surface area contributed by atoms with E-state index in [0.29, 0.717) is 51.4 Å². The fraction of sp³-hybridized carbons (Fsp3) is 0.407. The van der Waals surface area contributed by atoms with Crippen molar-refractivity contribution >= 4 is 23.9 Å². The highest BCUT2D eigenvalue weighted by Crippen LogP contribution is 2.08. The SMILES string of the molecule is NC(NC(=O)CN1CCN(CCNC(=O)NCc2ccccc2)CC1)C(C(=O)O)C(=O)OCc1ccccc1. The van der Waals surface area contributed by atoms with Gasteiger partial charge in [0.1, 0.15) is 12.8 Å². The number of nitrogens with two attached hydrogens (primary N) is 1. The summed E-state index contributed by atoms with van der Waals surface area (Å²) < 4.78 is 5.10. The van der Waals surface area contributed by atoms with E-state index in [1.54, 1.807) is 24.3 Å². The third kappa shape index (κ3) is 10.3. The molecule has 1 aliphatic heterocycles. The van der Waals surface area contributed by atoms with Gasteiger partial charge in [0.15, 0.2) is 5.92 Å². The maximum atomic E-state index is 12.5. The van der Waals surface area contributed by atoms with E-state index in [1.165, 1.54) is 0 Å². The van der Waals surface area contributed by atoms with Gasteiger partial charge >= 0.3 is 18.0 Å². The number of aliphatic carboxylic acids is 1. The van der Waals surface area contributed by atoms with Gasteiger partial charge in [0, 0.05) is 45.8 Å². The molecule has 12 heteroatoms. The number of esters is 1. The Bertz CT molecular complexity index is 1080. The fourth-order valence-electron chi connectivity index (χ4n) is 4.08. The Morgan fingerprint density at radius 1 is 0.872 bits per heavy atom. The lowest BCUT2D eigenvalue weighted by atomic mass is 10.1. The summed E-state index contributed by atoms with van der Waals surface area (Å²) in [6.07, 6.45) is -1.43. The normalized spacial score (nSPS) is 15.5. The topological polar surface area (TPSA) is 166 Å². The van der Waals surface area contributed by atoms with Crippen molar-refractivity contribution in [1.82, 2.24) is 25.8 Å². The number of piperazine rings is 1. The highest BCUT2D eigenvalue weighted by Gasteiger charge is 2.35. The summed E-state index contributed by atoms with van der Waals surface area (Å²) in [5.74, 6) is -4.70. The molecule has 0 radical (unpaired) electrons. The quantitative estimate of drug-likeness (QED) is 0.133. The second kappa shape index (κ2) is 15.4. The van der Waals surface area contributed by atoms with Crippen molar-refractivity contribution in [2.75, 3.05) is 45.8 Å². The van der Waals surface area contributed by atoms with E-state index in [2.05, 4.69) is 20.9 Å². The number of hydrogen-bond donors (Lipinski definition) is 5. The van der Waals surface area contributed by atoms with Crippen LogP contribution in [0.4, 0.5) is 4.79 Å². The first-order valence-corrected chi connectivity index (χ1v) is 12.8. The molecule has 2 unspecified atom stereocenters. The molecular weight excluding hydrogens is 504 g/mol. The number of urea groups is 1. The molecular formula is C27H36N6O6. The number of nitrogens with one attached hydrogen (secondary N) is 3. The summed E-state index contributed by atoms with van der Waals surface area (Å²) in [6.45, 7) is 4.19. The molecule has 39 heavy (non-hydrogen) atoms. The molecule has 0 saturated carbocycles. The van der Waals surface area contributed by atoms with E-state index in [-0.39, 0.29) is 19.2 Å². The van der Waals surface area contributed by atoms with Crippen molar-refractivity contribution in [3.63, 3.8) is 0 Å². The third-order valence-electron chi connectivity index (χ3n) is 6.27. The molecule has 210 valence electrons. The average Bonchev–Trinajstić information content (AvgIpc) is 2.92. The van der Waals surface area contributed by atoms with Gasteiger partial charge in [0.25, 0.3) is 0 Å². The van der Waals surface area contributed by atoms with Gasteiger partial charge in [-0.25, -0.2) is 4.79 Å². The molecule has 0 spiro atoms.